The van der Waals surface area contributed by atoms with E-state index in [1.807, 2.05) is 37.3 Å². The second-order valence-corrected chi connectivity index (χ2v) is 6.80. The molecule has 3 rings (SSSR count). The Labute approximate surface area is 157 Å². The Morgan fingerprint density at radius 3 is 2.58 bits per heavy atom. The fourth-order valence-corrected chi connectivity index (χ4v) is 3.28. The van der Waals surface area contributed by atoms with Crippen LogP contribution in [-0.4, -0.2) is 21.3 Å². The molecule has 0 bridgehead atoms. The van der Waals surface area contributed by atoms with E-state index in [-0.39, 0.29) is 12.2 Å². The predicted octanol–water partition coefficient (Wildman–Crippen LogP) is 3.76. The lowest BCUT2D eigenvalue weighted by Gasteiger charge is -2.16. The molecule has 1 heterocycles. The monoisotopic (exact) mass is 368 g/mol. The molecule has 0 saturated carbocycles. The molecule has 4 nitrogen and oxygen atoms in total. The van der Waals surface area contributed by atoms with Crippen LogP contribution in [0.5, 0.6) is 0 Å². The van der Waals surface area contributed by atoms with Gasteiger partial charge in [-0.15, -0.1) is 0 Å². The summed E-state index contributed by atoms with van der Waals surface area (Å²) < 4.78 is 1.67. The van der Waals surface area contributed by atoms with Crippen molar-refractivity contribution in [2.24, 2.45) is 0 Å². The smallest absolute Gasteiger partial charge is 0.257 e. The molecule has 0 radical (unpaired) electrons. The van der Waals surface area contributed by atoms with Crippen LogP contribution in [0.3, 0.4) is 0 Å². The summed E-state index contributed by atoms with van der Waals surface area (Å²) in [4.78, 5) is 17.8. The molecule has 2 aromatic carbocycles. The number of benzene rings is 2. The standard InChI is InChI=1S/C21H21ClN2O2/c1-14-5-3-6-16(11-14)13-24-20(17-7-4-8-18(22)12-17)23-15(2)19(9-10-25)21(24)26/h3-8,11-12,25H,9-10,13H2,1-2H3. The Kier molecular flexibility index (Phi) is 5.55. The van der Waals surface area contributed by atoms with Crippen molar-refractivity contribution in [3.8, 4) is 11.4 Å². The van der Waals surface area contributed by atoms with E-state index in [1.54, 1.807) is 23.6 Å². The SMILES string of the molecule is Cc1cccc(Cn2c(-c3cccc(Cl)c3)nc(C)c(CCO)c2=O)c1. The van der Waals surface area contributed by atoms with Gasteiger partial charge in [-0.25, -0.2) is 4.98 Å². The first-order valence-electron chi connectivity index (χ1n) is 8.52. The summed E-state index contributed by atoms with van der Waals surface area (Å²) in [6.45, 7) is 4.15. The maximum Gasteiger partial charge on any atom is 0.257 e. The lowest BCUT2D eigenvalue weighted by atomic mass is 10.1. The average molecular weight is 369 g/mol. The minimum absolute atomic E-state index is 0.0846. The molecule has 0 amide bonds. The van der Waals surface area contributed by atoms with Crippen LogP contribution in [0.4, 0.5) is 0 Å². The van der Waals surface area contributed by atoms with Crippen LogP contribution in [0.1, 0.15) is 22.4 Å². The first kappa shape index (κ1) is 18.4. The number of nitrogens with zero attached hydrogens (tertiary/aromatic N) is 2. The van der Waals surface area contributed by atoms with Gasteiger partial charge in [0.1, 0.15) is 5.82 Å². The normalized spacial score (nSPS) is 10.9. The fraction of sp³-hybridized carbons (Fsp3) is 0.238. The maximum atomic E-state index is 13.1. The van der Waals surface area contributed by atoms with Crippen LogP contribution in [0.25, 0.3) is 11.4 Å². The predicted molar refractivity (Wildman–Crippen MR) is 105 cm³/mol. The Morgan fingerprint density at radius 1 is 1.12 bits per heavy atom. The van der Waals surface area contributed by atoms with E-state index in [2.05, 4.69) is 11.1 Å². The van der Waals surface area contributed by atoms with Gasteiger partial charge < -0.3 is 5.11 Å². The highest BCUT2D eigenvalue weighted by molar-refractivity contribution is 6.30. The van der Waals surface area contributed by atoms with E-state index < -0.39 is 0 Å². The molecule has 0 atom stereocenters. The Bertz CT molecular complexity index is 996. The van der Waals surface area contributed by atoms with Gasteiger partial charge >= 0.3 is 0 Å². The van der Waals surface area contributed by atoms with Gasteiger partial charge in [0.05, 0.1) is 6.54 Å². The highest BCUT2D eigenvalue weighted by Gasteiger charge is 2.16. The summed E-state index contributed by atoms with van der Waals surface area (Å²) in [5, 5.41) is 9.91. The van der Waals surface area contributed by atoms with Crippen molar-refractivity contribution in [1.29, 1.82) is 0 Å². The van der Waals surface area contributed by atoms with Crippen LogP contribution in [-0.2, 0) is 13.0 Å². The molecule has 0 aliphatic carbocycles. The molecule has 26 heavy (non-hydrogen) atoms. The highest BCUT2D eigenvalue weighted by atomic mass is 35.5. The number of hydrogen-bond acceptors (Lipinski definition) is 3. The van der Waals surface area contributed by atoms with Gasteiger partial charge in [-0.3, -0.25) is 9.36 Å². The van der Waals surface area contributed by atoms with Crippen LogP contribution >= 0.6 is 11.6 Å². The highest BCUT2D eigenvalue weighted by Crippen LogP contribution is 2.22. The Hall–Kier alpha value is -2.43. The second kappa shape index (κ2) is 7.85. The van der Waals surface area contributed by atoms with Gasteiger partial charge in [-0.2, -0.15) is 0 Å². The minimum atomic E-state index is -0.122. The van der Waals surface area contributed by atoms with E-state index in [0.29, 0.717) is 35.1 Å². The lowest BCUT2D eigenvalue weighted by Crippen LogP contribution is -2.29. The van der Waals surface area contributed by atoms with Crippen LogP contribution < -0.4 is 5.56 Å². The second-order valence-electron chi connectivity index (χ2n) is 6.36. The van der Waals surface area contributed by atoms with E-state index in [0.717, 1.165) is 16.7 Å². The van der Waals surface area contributed by atoms with Crippen molar-refractivity contribution < 1.29 is 5.11 Å². The zero-order valence-corrected chi connectivity index (χ0v) is 15.6. The Balaban J connectivity index is 2.21. The van der Waals surface area contributed by atoms with Crippen molar-refractivity contribution in [2.75, 3.05) is 6.61 Å². The third-order valence-corrected chi connectivity index (χ3v) is 4.57. The number of aromatic nitrogens is 2. The topological polar surface area (TPSA) is 55.1 Å². The first-order chi connectivity index (χ1) is 12.5. The number of aliphatic hydroxyl groups is 1. The third kappa shape index (κ3) is 3.87. The van der Waals surface area contributed by atoms with Gasteiger partial charge in [0.25, 0.3) is 5.56 Å². The van der Waals surface area contributed by atoms with Crippen molar-refractivity contribution >= 4 is 11.6 Å². The zero-order valence-electron chi connectivity index (χ0n) is 14.9. The van der Waals surface area contributed by atoms with Gasteiger partial charge in [-0.05, 0) is 31.5 Å². The van der Waals surface area contributed by atoms with Crippen LogP contribution in [0, 0.1) is 13.8 Å². The summed E-state index contributed by atoms with van der Waals surface area (Å²) >= 11 is 6.14. The Morgan fingerprint density at radius 2 is 1.88 bits per heavy atom. The van der Waals surface area contributed by atoms with Gasteiger partial charge in [-0.1, -0.05) is 53.6 Å². The average Bonchev–Trinajstić information content (AvgIpc) is 2.61. The minimum Gasteiger partial charge on any atom is -0.396 e. The molecule has 0 unspecified atom stereocenters. The zero-order chi connectivity index (χ0) is 18.7. The van der Waals surface area contributed by atoms with Crippen molar-refractivity contribution in [3.63, 3.8) is 0 Å². The van der Waals surface area contributed by atoms with Crippen molar-refractivity contribution in [2.45, 2.75) is 26.8 Å². The third-order valence-electron chi connectivity index (χ3n) is 4.34. The first-order valence-corrected chi connectivity index (χ1v) is 8.90. The van der Waals surface area contributed by atoms with E-state index in [4.69, 9.17) is 11.6 Å². The number of aryl methyl sites for hydroxylation is 2. The molecule has 134 valence electrons. The van der Waals surface area contributed by atoms with Crippen LogP contribution in [0.15, 0.2) is 53.3 Å². The molecule has 3 aromatic rings. The van der Waals surface area contributed by atoms with E-state index in [1.165, 1.54) is 0 Å². The van der Waals surface area contributed by atoms with Crippen molar-refractivity contribution in [3.05, 3.63) is 86.3 Å². The molecule has 0 saturated heterocycles. The maximum absolute atomic E-state index is 13.1. The number of halogens is 1. The summed E-state index contributed by atoms with van der Waals surface area (Å²) in [6.07, 6.45) is 0.293. The molecular formula is C21H21ClN2O2. The summed E-state index contributed by atoms with van der Waals surface area (Å²) in [5.74, 6) is 0.582. The molecule has 1 aromatic heterocycles. The van der Waals surface area contributed by atoms with Gasteiger partial charge in [0.15, 0.2) is 0 Å². The summed E-state index contributed by atoms with van der Waals surface area (Å²) in [7, 11) is 0. The van der Waals surface area contributed by atoms with Gasteiger partial charge in [0.2, 0.25) is 0 Å². The lowest BCUT2D eigenvalue weighted by molar-refractivity contribution is 0.298. The molecule has 0 aliphatic heterocycles. The molecule has 5 heteroatoms. The number of hydrogen-bond donors (Lipinski definition) is 1. The molecule has 1 N–H and O–H groups in total. The molecule has 0 spiro atoms. The van der Waals surface area contributed by atoms with Crippen molar-refractivity contribution in [1.82, 2.24) is 9.55 Å². The number of aliphatic hydroxyl groups excluding tert-OH is 1. The largest absolute Gasteiger partial charge is 0.396 e. The summed E-state index contributed by atoms with van der Waals surface area (Å²) in [5.41, 5.74) is 4.01. The van der Waals surface area contributed by atoms with Gasteiger partial charge in [0, 0.05) is 34.9 Å². The molecule has 0 aliphatic rings. The van der Waals surface area contributed by atoms with Crippen LogP contribution in [0.2, 0.25) is 5.02 Å². The quantitative estimate of drug-likeness (QED) is 0.746. The van der Waals surface area contributed by atoms with E-state index in [9.17, 15) is 9.90 Å². The molecule has 0 fully saturated rings. The van der Waals surface area contributed by atoms with E-state index >= 15 is 0 Å². The molecular weight excluding hydrogens is 348 g/mol. The summed E-state index contributed by atoms with van der Waals surface area (Å²) in [6, 6.07) is 15.4. The number of rotatable bonds is 5. The fourth-order valence-electron chi connectivity index (χ4n) is 3.09.